The van der Waals surface area contributed by atoms with Crippen molar-refractivity contribution in [2.75, 3.05) is 19.6 Å². The molecule has 0 saturated carbocycles. The minimum Gasteiger partial charge on any atom is -0.357 e. The monoisotopic (exact) mass is 358 g/mol. The van der Waals surface area contributed by atoms with E-state index in [1.54, 1.807) is 0 Å². The second-order valence-electron chi connectivity index (χ2n) is 7.12. The zero-order chi connectivity index (χ0) is 19.1. The maximum Gasteiger partial charge on any atom is 0.191 e. The van der Waals surface area contributed by atoms with Gasteiger partial charge in [0.05, 0.1) is 11.0 Å². The molecule has 0 aliphatic carbocycles. The van der Waals surface area contributed by atoms with Gasteiger partial charge in [0.1, 0.15) is 12.4 Å². The van der Waals surface area contributed by atoms with Gasteiger partial charge in [0.15, 0.2) is 5.96 Å². The van der Waals surface area contributed by atoms with E-state index in [4.69, 9.17) is 9.98 Å². The van der Waals surface area contributed by atoms with Crippen LogP contribution in [-0.2, 0) is 13.6 Å². The second kappa shape index (κ2) is 9.57. The Morgan fingerprint density at radius 2 is 1.85 bits per heavy atom. The van der Waals surface area contributed by atoms with Crippen molar-refractivity contribution in [1.82, 2.24) is 25.1 Å². The summed E-state index contributed by atoms with van der Waals surface area (Å²) in [6.07, 6.45) is 0. The van der Waals surface area contributed by atoms with Gasteiger partial charge in [0, 0.05) is 38.8 Å². The maximum atomic E-state index is 4.72. The number of benzene rings is 1. The van der Waals surface area contributed by atoms with E-state index in [1.165, 1.54) is 0 Å². The molecule has 0 atom stereocenters. The first-order valence-corrected chi connectivity index (χ1v) is 9.62. The minimum atomic E-state index is 0.538. The zero-order valence-corrected chi connectivity index (χ0v) is 17.1. The molecule has 0 saturated heterocycles. The van der Waals surface area contributed by atoms with Crippen LogP contribution in [0.2, 0.25) is 0 Å². The molecule has 2 N–H and O–H groups in total. The molecule has 0 unspecified atom stereocenters. The average Bonchev–Trinajstić information content (AvgIpc) is 2.92. The molecule has 6 heteroatoms. The third kappa shape index (κ3) is 5.21. The van der Waals surface area contributed by atoms with Crippen molar-refractivity contribution in [2.45, 2.75) is 53.2 Å². The first kappa shape index (κ1) is 20.2. The quantitative estimate of drug-likeness (QED) is 0.563. The van der Waals surface area contributed by atoms with Gasteiger partial charge in [-0.15, -0.1) is 0 Å². The van der Waals surface area contributed by atoms with Crippen LogP contribution in [0.15, 0.2) is 29.3 Å². The Kier molecular flexibility index (Phi) is 7.45. The van der Waals surface area contributed by atoms with Crippen LogP contribution < -0.4 is 10.6 Å². The van der Waals surface area contributed by atoms with Crippen LogP contribution in [0.4, 0.5) is 0 Å². The van der Waals surface area contributed by atoms with E-state index >= 15 is 0 Å². The van der Waals surface area contributed by atoms with E-state index in [2.05, 4.69) is 60.8 Å². The number of hydrogen-bond acceptors (Lipinski definition) is 3. The van der Waals surface area contributed by atoms with Gasteiger partial charge in [-0.1, -0.05) is 12.1 Å². The lowest BCUT2D eigenvalue weighted by Crippen LogP contribution is -2.45. The van der Waals surface area contributed by atoms with E-state index in [0.29, 0.717) is 18.6 Å². The Morgan fingerprint density at radius 3 is 2.46 bits per heavy atom. The SMILES string of the molecule is CCNC(=NCc1nc2ccccc2n1C)NCCN(C(C)C)C(C)C. The Hall–Kier alpha value is -2.08. The molecule has 26 heavy (non-hydrogen) atoms. The highest BCUT2D eigenvalue weighted by Gasteiger charge is 2.13. The standard InChI is InChI=1S/C20H34N6/c1-7-21-20(22-12-13-26(15(2)3)16(4)5)23-14-19-24-17-10-8-9-11-18(17)25(19)6/h8-11,15-16H,7,12-14H2,1-6H3,(H2,21,22,23). The van der Waals surface area contributed by atoms with Gasteiger partial charge in [-0.2, -0.15) is 0 Å². The number of hydrogen-bond donors (Lipinski definition) is 2. The zero-order valence-electron chi connectivity index (χ0n) is 17.1. The number of aryl methyl sites for hydroxylation is 1. The molecule has 1 aromatic carbocycles. The Morgan fingerprint density at radius 1 is 1.15 bits per heavy atom. The summed E-state index contributed by atoms with van der Waals surface area (Å²) < 4.78 is 2.11. The van der Waals surface area contributed by atoms with Crippen molar-refractivity contribution in [3.8, 4) is 0 Å². The van der Waals surface area contributed by atoms with Crippen molar-refractivity contribution in [1.29, 1.82) is 0 Å². The van der Waals surface area contributed by atoms with E-state index in [-0.39, 0.29) is 0 Å². The number of guanidine groups is 1. The predicted molar refractivity (Wildman–Crippen MR) is 111 cm³/mol. The highest BCUT2D eigenvalue weighted by molar-refractivity contribution is 5.80. The molecule has 0 radical (unpaired) electrons. The number of aromatic nitrogens is 2. The summed E-state index contributed by atoms with van der Waals surface area (Å²) >= 11 is 0. The molecular weight excluding hydrogens is 324 g/mol. The number of aliphatic imine (C=N–C) groups is 1. The fraction of sp³-hybridized carbons (Fsp3) is 0.600. The van der Waals surface area contributed by atoms with Crippen LogP contribution >= 0.6 is 0 Å². The number of fused-ring (bicyclic) bond motifs is 1. The molecule has 6 nitrogen and oxygen atoms in total. The number of rotatable bonds is 8. The van der Waals surface area contributed by atoms with Crippen molar-refractivity contribution < 1.29 is 0 Å². The molecular formula is C20H34N6. The largest absolute Gasteiger partial charge is 0.357 e. The predicted octanol–water partition coefficient (Wildman–Crippen LogP) is 2.75. The van der Waals surface area contributed by atoms with E-state index < -0.39 is 0 Å². The van der Waals surface area contributed by atoms with E-state index in [0.717, 1.165) is 42.5 Å². The molecule has 2 aromatic rings. The number of para-hydroxylation sites is 2. The van der Waals surface area contributed by atoms with Gasteiger partial charge in [-0.3, -0.25) is 4.90 Å². The van der Waals surface area contributed by atoms with Crippen molar-refractivity contribution in [3.63, 3.8) is 0 Å². The smallest absolute Gasteiger partial charge is 0.191 e. The summed E-state index contributed by atoms with van der Waals surface area (Å²) in [5.74, 6) is 1.81. The fourth-order valence-electron chi connectivity index (χ4n) is 3.24. The van der Waals surface area contributed by atoms with E-state index in [1.807, 2.05) is 25.2 Å². The van der Waals surface area contributed by atoms with Crippen molar-refractivity contribution in [3.05, 3.63) is 30.1 Å². The van der Waals surface area contributed by atoms with Gasteiger partial charge in [-0.05, 0) is 46.8 Å². The van der Waals surface area contributed by atoms with Crippen LogP contribution in [0.1, 0.15) is 40.4 Å². The normalized spacial score (nSPS) is 12.6. The third-order valence-corrected chi connectivity index (χ3v) is 4.59. The Labute approximate surface area is 157 Å². The van der Waals surface area contributed by atoms with Gasteiger partial charge in [-0.25, -0.2) is 9.98 Å². The summed E-state index contributed by atoms with van der Waals surface area (Å²) in [6.45, 7) is 14.3. The van der Waals surface area contributed by atoms with Crippen LogP contribution in [0.3, 0.4) is 0 Å². The lowest BCUT2D eigenvalue weighted by atomic mass is 10.2. The highest BCUT2D eigenvalue weighted by atomic mass is 15.2. The van der Waals surface area contributed by atoms with Crippen molar-refractivity contribution >= 4 is 17.0 Å². The lowest BCUT2D eigenvalue weighted by Gasteiger charge is -2.30. The average molecular weight is 359 g/mol. The summed E-state index contributed by atoms with van der Waals surface area (Å²) in [6, 6.07) is 9.26. The number of imidazole rings is 1. The van der Waals surface area contributed by atoms with Gasteiger partial charge in [0.2, 0.25) is 0 Å². The molecule has 0 fully saturated rings. The summed E-state index contributed by atoms with van der Waals surface area (Å²) in [5, 5.41) is 6.77. The molecule has 144 valence electrons. The topological polar surface area (TPSA) is 57.5 Å². The minimum absolute atomic E-state index is 0.538. The van der Waals surface area contributed by atoms with Gasteiger partial charge >= 0.3 is 0 Å². The molecule has 0 aliphatic rings. The highest BCUT2D eigenvalue weighted by Crippen LogP contribution is 2.14. The Balaban J connectivity index is 2.00. The molecule has 0 spiro atoms. The van der Waals surface area contributed by atoms with E-state index in [9.17, 15) is 0 Å². The lowest BCUT2D eigenvalue weighted by molar-refractivity contribution is 0.178. The number of nitrogens with one attached hydrogen (secondary N) is 2. The first-order valence-electron chi connectivity index (χ1n) is 9.62. The molecule has 2 rings (SSSR count). The molecule has 0 bridgehead atoms. The molecule has 0 amide bonds. The fourth-order valence-corrected chi connectivity index (χ4v) is 3.24. The molecule has 0 aliphatic heterocycles. The van der Waals surface area contributed by atoms with Crippen LogP contribution in [0.25, 0.3) is 11.0 Å². The van der Waals surface area contributed by atoms with Crippen LogP contribution in [-0.4, -0.2) is 52.1 Å². The maximum absolute atomic E-state index is 4.72. The van der Waals surface area contributed by atoms with Gasteiger partial charge in [0.25, 0.3) is 0 Å². The first-order chi connectivity index (χ1) is 12.4. The summed E-state index contributed by atoms with van der Waals surface area (Å²) in [4.78, 5) is 11.9. The second-order valence-corrected chi connectivity index (χ2v) is 7.12. The van der Waals surface area contributed by atoms with Crippen molar-refractivity contribution in [2.24, 2.45) is 12.0 Å². The summed E-state index contributed by atoms with van der Waals surface area (Å²) in [5.41, 5.74) is 2.16. The molecule has 1 heterocycles. The molecule has 1 aromatic heterocycles. The summed E-state index contributed by atoms with van der Waals surface area (Å²) in [7, 11) is 2.05. The number of nitrogens with zero attached hydrogens (tertiary/aromatic N) is 4. The van der Waals surface area contributed by atoms with Crippen LogP contribution in [0, 0.1) is 0 Å². The third-order valence-electron chi connectivity index (χ3n) is 4.59. The van der Waals surface area contributed by atoms with Crippen LogP contribution in [0.5, 0.6) is 0 Å². The van der Waals surface area contributed by atoms with Gasteiger partial charge < -0.3 is 15.2 Å². The Bertz CT molecular complexity index is 708.